The van der Waals surface area contributed by atoms with E-state index in [1.807, 2.05) is 10.9 Å². The molecule has 9 nitrogen and oxygen atoms in total. The first-order valence-electron chi connectivity index (χ1n) is 18.2. The first kappa shape index (κ1) is 30.8. The third-order valence-corrected chi connectivity index (χ3v) is 12.9. The molecule has 0 radical (unpaired) electrons. The Morgan fingerprint density at radius 3 is 2.36 bits per heavy atom. The number of rotatable bonds is 11. The van der Waals surface area contributed by atoms with E-state index in [0.29, 0.717) is 18.0 Å². The number of fused-ring (bicyclic) bond motifs is 3. The van der Waals surface area contributed by atoms with Gasteiger partial charge in [0.05, 0.1) is 22.8 Å². The lowest BCUT2D eigenvalue weighted by molar-refractivity contribution is -0.230. The fourth-order valence-electron chi connectivity index (χ4n) is 10.6. The molecule has 0 spiro atoms. The molecule has 0 amide bonds. The first-order chi connectivity index (χ1) is 22.8. The number of aromatic nitrogens is 4. The van der Waals surface area contributed by atoms with Crippen molar-refractivity contribution in [1.29, 1.82) is 0 Å². The van der Waals surface area contributed by atoms with Gasteiger partial charge in [-0.25, -0.2) is 4.98 Å². The lowest BCUT2D eigenvalue weighted by Gasteiger charge is -2.71. The van der Waals surface area contributed by atoms with Crippen LogP contribution in [0.15, 0.2) is 42.6 Å². The maximum absolute atomic E-state index is 11.9. The van der Waals surface area contributed by atoms with Gasteiger partial charge >= 0.3 is 5.97 Å². The molecular weight excluding hydrogens is 586 g/mol. The Morgan fingerprint density at radius 2 is 1.74 bits per heavy atom. The quantitative estimate of drug-likeness (QED) is 0.246. The van der Waals surface area contributed by atoms with Gasteiger partial charge in [-0.1, -0.05) is 50.1 Å². The summed E-state index contributed by atoms with van der Waals surface area (Å²) in [6.07, 6.45) is 16.0. The highest BCUT2D eigenvalue weighted by Crippen LogP contribution is 2.75. The number of nitrogens with zero attached hydrogens (tertiary/aromatic N) is 6. The van der Waals surface area contributed by atoms with E-state index in [4.69, 9.17) is 9.97 Å². The van der Waals surface area contributed by atoms with Gasteiger partial charge in [-0.15, -0.1) is 0 Å². The van der Waals surface area contributed by atoms with Crippen LogP contribution >= 0.6 is 0 Å². The highest BCUT2D eigenvalue weighted by molar-refractivity contribution is 5.79. The number of hydrogen-bond acceptors (Lipinski definition) is 7. The summed E-state index contributed by atoms with van der Waals surface area (Å²) in [7, 11) is 4.19. The second-order valence-electron chi connectivity index (χ2n) is 15.6. The Balaban J connectivity index is 1.15. The standard InChI is InChI=1S/C38H51N7O2/c1-4-33(37-22-38(23-37,24-37)35(46)47)43(2)36-41-30-17-16-26(25-10-6-5-7-11-25)20-29(30)34(42-36)40-31(32-18-19-39-44(32)3)21-45-27-12-8-13-28(45)15-9-14-27/h5-7,10-11,18-19,26-28,31,33H,4,8-9,12-17,20-24H2,1-3H3,(H,46,47)(H,40,41,42)/t26-,27?,28?,31+,33-,37?,38?/m1/s1. The normalized spacial score (nSPS) is 30.7. The molecule has 5 fully saturated rings. The van der Waals surface area contributed by atoms with Crippen molar-refractivity contribution in [3.8, 4) is 0 Å². The van der Waals surface area contributed by atoms with Crippen LogP contribution in [0, 0.1) is 10.8 Å². The van der Waals surface area contributed by atoms with Gasteiger partial charge in [0.2, 0.25) is 5.95 Å². The summed E-state index contributed by atoms with van der Waals surface area (Å²) in [6.45, 7) is 3.17. The number of aliphatic carboxylic acids is 1. The topological polar surface area (TPSA) is 99.4 Å². The van der Waals surface area contributed by atoms with Crippen molar-refractivity contribution in [3.05, 3.63) is 65.1 Å². The van der Waals surface area contributed by atoms with Crippen LogP contribution in [0.1, 0.15) is 112 Å². The van der Waals surface area contributed by atoms with Crippen LogP contribution in [0.4, 0.5) is 11.8 Å². The zero-order valence-corrected chi connectivity index (χ0v) is 28.4. The number of piperidine rings is 2. The monoisotopic (exact) mass is 637 g/mol. The van der Waals surface area contributed by atoms with E-state index in [2.05, 4.69) is 77.6 Å². The van der Waals surface area contributed by atoms with Crippen LogP contribution in [0.3, 0.4) is 0 Å². The molecule has 9 rings (SSSR count). The first-order valence-corrected chi connectivity index (χ1v) is 18.2. The average Bonchev–Trinajstić information content (AvgIpc) is 3.46. The second-order valence-corrected chi connectivity index (χ2v) is 15.6. The van der Waals surface area contributed by atoms with Crippen LogP contribution in [0.2, 0.25) is 0 Å². The molecule has 47 heavy (non-hydrogen) atoms. The molecule has 1 aromatic carbocycles. The molecule has 0 unspecified atom stereocenters. The van der Waals surface area contributed by atoms with E-state index in [-0.39, 0.29) is 17.5 Å². The minimum atomic E-state index is -0.625. The predicted octanol–water partition coefficient (Wildman–Crippen LogP) is 6.51. The Hall–Kier alpha value is -3.46. The number of anilines is 2. The van der Waals surface area contributed by atoms with Gasteiger partial charge in [0.1, 0.15) is 5.82 Å². The summed E-state index contributed by atoms with van der Waals surface area (Å²) >= 11 is 0. The zero-order chi connectivity index (χ0) is 32.3. The maximum Gasteiger partial charge on any atom is 0.309 e. The molecule has 2 aromatic heterocycles. The molecule has 3 saturated carbocycles. The van der Waals surface area contributed by atoms with Crippen molar-refractivity contribution in [1.82, 2.24) is 24.6 Å². The molecule has 4 heterocycles. The number of carbonyl (C=O) groups is 1. The van der Waals surface area contributed by atoms with Crippen molar-refractivity contribution in [3.63, 3.8) is 0 Å². The maximum atomic E-state index is 11.9. The largest absolute Gasteiger partial charge is 0.481 e. The summed E-state index contributed by atoms with van der Waals surface area (Å²) in [6, 6.07) is 14.7. The van der Waals surface area contributed by atoms with Gasteiger partial charge in [0, 0.05) is 50.5 Å². The van der Waals surface area contributed by atoms with Crippen LogP contribution in [0.25, 0.3) is 0 Å². The molecule has 6 aliphatic rings. The van der Waals surface area contributed by atoms with Crippen molar-refractivity contribution >= 4 is 17.7 Å². The minimum Gasteiger partial charge on any atom is -0.481 e. The number of carboxylic acids is 1. The number of hydrogen-bond donors (Lipinski definition) is 2. The van der Waals surface area contributed by atoms with Gasteiger partial charge in [-0.3, -0.25) is 14.4 Å². The lowest BCUT2D eigenvalue weighted by Crippen LogP contribution is -2.72. The molecule has 3 aromatic rings. The third kappa shape index (κ3) is 5.24. The smallest absolute Gasteiger partial charge is 0.309 e. The van der Waals surface area contributed by atoms with Gasteiger partial charge in [0.15, 0.2) is 0 Å². The Morgan fingerprint density at radius 1 is 1.04 bits per heavy atom. The lowest BCUT2D eigenvalue weighted by atomic mass is 9.33. The third-order valence-electron chi connectivity index (χ3n) is 12.9. The Kier molecular flexibility index (Phi) is 7.81. The van der Waals surface area contributed by atoms with E-state index >= 15 is 0 Å². The van der Waals surface area contributed by atoms with Crippen molar-refractivity contribution < 1.29 is 9.90 Å². The van der Waals surface area contributed by atoms with Crippen molar-refractivity contribution in [2.24, 2.45) is 17.9 Å². The molecule has 2 N–H and O–H groups in total. The summed E-state index contributed by atoms with van der Waals surface area (Å²) in [5.74, 6) is 1.54. The van der Waals surface area contributed by atoms with Crippen LogP contribution in [-0.2, 0) is 24.7 Å². The summed E-state index contributed by atoms with van der Waals surface area (Å²) < 4.78 is 2.03. The predicted molar refractivity (Wildman–Crippen MR) is 184 cm³/mol. The number of aryl methyl sites for hydroxylation is 2. The molecule has 2 saturated heterocycles. The second kappa shape index (κ2) is 11.9. The molecule has 2 aliphatic heterocycles. The zero-order valence-electron chi connectivity index (χ0n) is 28.4. The van der Waals surface area contributed by atoms with Gasteiger partial charge in [-0.2, -0.15) is 10.1 Å². The minimum absolute atomic E-state index is 0.0490. The number of nitrogens with one attached hydrogen (secondary N) is 1. The number of carboxylic acid groups (broad SMARTS) is 1. The SMILES string of the molecule is CC[C@@H](N(C)c1nc2c(c(N[C@@H](CN3C4CCCC3CCC4)c3ccnn3C)n1)C[C@H](c1ccccc1)CC2)C12CC(C(=O)O)(C1)C2. The number of benzene rings is 1. The molecule has 9 heteroatoms. The van der Waals surface area contributed by atoms with Crippen LogP contribution in [-0.4, -0.2) is 67.4 Å². The molecule has 3 atom stereocenters. The van der Waals surface area contributed by atoms with E-state index in [1.54, 1.807) is 0 Å². The fourth-order valence-corrected chi connectivity index (χ4v) is 10.6. The van der Waals surface area contributed by atoms with E-state index in [9.17, 15) is 9.90 Å². The molecule has 4 bridgehead atoms. The fraction of sp³-hybridized carbons (Fsp3) is 0.632. The molecule has 4 aliphatic carbocycles. The Bertz CT molecular complexity index is 1580. The van der Waals surface area contributed by atoms with Gasteiger partial charge < -0.3 is 15.3 Å². The summed E-state index contributed by atoms with van der Waals surface area (Å²) in [4.78, 5) is 27.7. The van der Waals surface area contributed by atoms with Crippen LogP contribution in [0.5, 0.6) is 0 Å². The molecule has 250 valence electrons. The van der Waals surface area contributed by atoms with Gasteiger partial charge in [0.25, 0.3) is 0 Å². The Labute approximate surface area is 279 Å². The summed E-state index contributed by atoms with van der Waals surface area (Å²) in [5, 5.41) is 18.5. The van der Waals surface area contributed by atoms with Gasteiger partial charge in [-0.05, 0) is 93.6 Å². The average molecular weight is 638 g/mol. The summed E-state index contributed by atoms with van der Waals surface area (Å²) in [5.41, 5.74) is 4.53. The van der Waals surface area contributed by atoms with E-state index < -0.39 is 11.4 Å². The van der Waals surface area contributed by atoms with Crippen molar-refractivity contribution in [2.75, 3.05) is 23.8 Å². The van der Waals surface area contributed by atoms with Crippen LogP contribution < -0.4 is 10.2 Å². The molecular formula is C38H51N7O2. The van der Waals surface area contributed by atoms with E-state index in [1.165, 1.54) is 55.3 Å². The highest BCUT2D eigenvalue weighted by Gasteiger charge is 2.74. The van der Waals surface area contributed by atoms with Crippen molar-refractivity contribution in [2.45, 2.75) is 120 Å². The highest BCUT2D eigenvalue weighted by atomic mass is 16.4. The van der Waals surface area contributed by atoms with E-state index in [0.717, 1.165) is 69.0 Å².